The summed E-state index contributed by atoms with van der Waals surface area (Å²) in [4.78, 5) is 1.16. The molecule has 1 unspecified atom stereocenters. The van der Waals surface area contributed by atoms with Crippen molar-refractivity contribution in [3.63, 3.8) is 0 Å². The molecule has 22 heavy (non-hydrogen) atoms. The summed E-state index contributed by atoms with van der Waals surface area (Å²) in [6.07, 6.45) is 0.337. The van der Waals surface area contributed by atoms with Crippen molar-refractivity contribution in [2.45, 2.75) is 6.17 Å². The van der Waals surface area contributed by atoms with Crippen molar-refractivity contribution in [1.82, 2.24) is 0 Å². The molecule has 1 aliphatic heterocycles. The van der Waals surface area contributed by atoms with Gasteiger partial charge in [-0.1, -0.05) is 39.9 Å². The molecule has 0 aromatic heterocycles. The summed E-state index contributed by atoms with van der Waals surface area (Å²) in [7, 11) is -3.40. The highest BCUT2D eigenvalue weighted by Gasteiger charge is 2.31. The van der Waals surface area contributed by atoms with E-state index in [9.17, 15) is 8.42 Å². The average molecular weight is 388 g/mol. The predicted molar refractivity (Wildman–Crippen MR) is 84.9 cm³/mol. The lowest BCUT2D eigenvalue weighted by Crippen LogP contribution is -2.50. The topological polar surface area (TPSA) is 107 Å². The SMILES string of the molecule is COS(=O)(=O)OC1=NN=CC(N)N1c1cc(Cl)cc(Cl)c1Cl. The van der Waals surface area contributed by atoms with Crippen molar-refractivity contribution < 1.29 is 16.8 Å². The van der Waals surface area contributed by atoms with Crippen molar-refractivity contribution in [2.75, 3.05) is 12.0 Å². The highest BCUT2D eigenvalue weighted by Crippen LogP contribution is 2.37. The van der Waals surface area contributed by atoms with Gasteiger partial charge in [-0.05, 0) is 12.1 Å². The van der Waals surface area contributed by atoms with E-state index < -0.39 is 22.6 Å². The number of benzene rings is 1. The molecule has 0 aliphatic carbocycles. The van der Waals surface area contributed by atoms with Gasteiger partial charge in [0.1, 0.15) is 6.17 Å². The smallest absolute Gasteiger partial charge is 0.322 e. The van der Waals surface area contributed by atoms with Crippen LogP contribution in [0.15, 0.2) is 22.3 Å². The molecule has 1 aliphatic rings. The molecule has 8 nitrogen and oxygen atoms in total. The monoisotopic (exact) mass is 386 g/mol. The summed E-state index contributed by atoms with van der Waals surface area (Å²) in [5.74, 6) is 0. The number of nitrogens with zero attached hydrogens (tertiary/aromatic N) is 3. The Kier molecular flexibility index (Phi) is 5.15. The van der Waals surface area contributed by atoms with Crippen LogP contribution in [0.3, 0.4) is 0 Å². The lowest BCUT2D eigenvalue weighted by Gasteiger charge is -2.30. The highest BCUT2D eigenvalue weighted by atomic mass is 35.5. The van der Waals surface area contributed by atoms with Gasteiger partial charge in [0.25, 0.3) is 0 Å². The first-order valence-corrected chi connectivity index (χ1v) is 8.02. The molecule has 1 aromatic rings. The number of hydrogen-bond acceptors (Lipinski definition) is 8. The fourth-order valence-electron chi connectivity index (χ4n) is 1.56. The van der Waals surface area contributed by atoms with Gasteiger partial charge in [-0.2, -0.15) is 13.5 Å². The maximum Gasteiger partial charge on any atom is 0.451 e. The van der Waals surface area contributed by atoms with E-state index >= 15 is 0 Å². The maximum atomic E-state index is 11.4. The van der Waals surface area contributed by atoms with Crippen LogP contribution in [-0.2, 0) is 18.8 Å². The van der Waals surface area contributed by atoms with Gasteiger partial charge in [0, 0.05) is 5.02 Å². The summed E-state index contributed by atoms with van der Waals surface area (Å²) >= 11 is 18.0. The second-order valence-electron chi connectivity index (χ2n) is 3.89. The molecular weight excluding hydrogens is 379 g/mol. The van der Waals surface area contributed by atoms with Crippen LogP contribution in [0.25, 0.3) is 0 Å². The standard InChI is InChI=1S/C10H9Cl3N4O4S/c1-20-22(18,19)21-10-16-15-4-8(14)17(10)7-3-5(11)2-6(12)9(7)13/h2-4,8H,14H2,1H3. The normalized spacial score (nSPS) is 18.3. The van der Waals surface area contributed by atoms with Crippen LogP contribution in [0.4, 0.5) is 5.69 Å². The Bertz CT molecular complexity index is 753. The second kappa shape index (κ2) is 6.57. The molecule has 1 aromatic carbocycles. The summed E-state index contributed by atoms with van der Waals surface area (Å²) < 4.78 is 31.8. The van der Waals surface area contributed by atoms with Crippen LogP contribution >= 0.6 is 34.8 Å². The Balaban J connectivity index is 2.51. The first-order valence-electron chi connectivity index (χ1n) is 5.55. The molecule has 0 radical (unpaired) electrons. The second-order valence-corrected chi connectivity index (χ2v) is 6.42. The van der Waals surface area contributed by atoms with E-state index in [0.29, 0.717) is 0 Å². The molecule has 1 heterocycles. The predicted octanol–water partition coefficient (Wildman–Crippen LogP) is 2.00. The van der Waals surface area contributed by atoms with Gasteiger partial charge >= 0.3 is 16.4 Å². The summed E-state index contributed by atoms with van der Waals surface area (Å²) in [5, 5.41) is 7.62. The van der Waals surface area contributed by atoms with Gasteiger partial charge in [-0.25, -0.2) is 4.18 Å². The molecule has 2 rings (SSSR count). The zero-order chi connectivity index (χ0) is 16.5. The van der Waals surface area contributed by atoms with Gasteiger partial charge in [0.05, 0.1) is 29.1 Å². The van der Waals surface area contributed by atoms with Crippen molar-refractivity contribution in [1.29, 1.82) is 0 Å². The summed E-state index contributed by atoms with van der Waals surface area (Å²) in [6, 6.07) is 2.38. The molecule has 0 fully saturated rings. The minimum atomic E-state index is -4.33. The van der Waals surface area contributed by atoms with Gasteiger partial charge in [-0.3, -0.25) is 4.90 Å². The zero-order valence-electron chi connectivity index (χ0n) is 10.9. The first kappa shape index (κ1) is 17.3. The van der Waals surface area contributed by atoms with E-state index in [-0.39, 0.29) is 20.8 Å². The minimum absolute atomic E-state index is 0.0860. The van der Waals surface area contributed by atoms with Crippen LogP contribution < -0.4 is 10.6 Å². The van der Waals surface area contributed by atoms with Crippen molar-refractivity contribution >= 4 is 63.1 Å². The number of hydrogen-bond donors (Lipinski definition) is 1. The summed E-state index contributed by atoms with van der Waals surface area (Å²) in [6.45, 7) is 0. The van der Waals surface area contributed by atoms with Crippen LogP contribution in [0.5, 0.6) is 0 Å². The lowest BCUT2D eigenvalue weighted by atomic mass is 10.2. The Morgan fingerprint density at radius 2 is 2.00 bits per heavy atom. The van der Waals surface area contributed by atoms with Crippen LogP contribution in [-0.4, -0.2) is 33.9 Å². The minimum Gasteiger partial charge on any atom is -0.322 e. The van der Waals surface area contributed by atoms with Gasteiger partial charge in [0.15, 0.2) is 0 Å². The molecule has 0 saturated heterocycles. The Labute approximate surface area is 141 Å². The molecule has 0 saturated carbocycles. The summed E-state index contributed by atoms with van der Waals surface area (Å²) in [5.41, 5.74) is 6.06. The van der Waals surface area contributed by atoms with E-state index in [1.165, 1.54) is 18.3 Å². The average Bonchev–Trinajstić information content (AvgIpc) is 2.43. The largest absolute Gasteiger partial charge is 0.451 e. The van der Waals surface area contributed by atoms with E-state index in [1.54, 1.807) is 0 Å². The van der Waals surface area contributed by atoms with Crippen molar-refractivity contribution in [3.05, 3.63) is 27.2 Å². The molecule has 2 N–H and O–H groups in total. The van der Waals surface area contributed by atoms with Gasteiger partial charge < -0.3 is 9.92 Å². The Morgan fingerprint density at radius 3 is 2.64 bits per heavy atom. The van der Waals surface area contributed by atoms with Gasteiger partial charge in [-0.15, -0.1) is 0 Å². The number of halogens is 3. The molecule has 1 atom stereocenters. The zero-order valence-corrected chi connectivity index (χ0v) is 14.0. The van der Waals surface area contributed by atoms with Crippen molar-refractivity contribution in [3.8, 4) is 0 Å². The van der Waals surface area contributed by atoms with Crippen LogP contribution in [0.1, 0.15) is 0 Å². The van der Waals surface area contributed by atoms with Crippen molar-refractivity contribution in [2.24, 2.45) is 15.9 Å². The quantitative estimate of drug-likeness (QED) is 0.795. The number of rotatable bonds is 3. The van der Waals surface area contributed by atoms with Crippen LogP contribution in [0, 0.1) is 0 Å². The molecule has 0 spiro atoms. The lowest BCUT2D eigenvalue weighted by molar-refractivity contribution is 0.323. The van der Waals surface area contributed by atoms with Gasteiger partial charge in [0.2, 0.25) is 0 Å². The number of anilines is 1. The molecule has 0 bridgehead atoms. The Hall–Kier alpha value is -1.10. The fourth-order valence-corrected chi connectivity index (χ4v) is 2.60. The number of nitrogens with two attached hydrogens (primary N) is 1. The molecule has 12 heteroatoms. The third kappa shape index (κ3) is 3.62. The molecule has 120 valence electrons. The Morgan fingerprint density at radius 1 is 1.32 bits per heavy atom. The third-order valence-corrected chi connectivity index (χ3v) is 4.25. The highest BCUT2D eigenvalue weighted by molar-refractivity contribution is 7.82. The first-order chi connectivity index (χ1) is 10.2. The molecule has 0 amide bonds. The van der Waals surface area contributed by atoms with E-state index in [1.807, 2.05) is 0 Å². The van der Waals surface area contributed by atoms with E-state index in [0.717, 1.165) is 12.0 Å². The molecular formula is C10H9Cl3N4O4S. The number of amidine groups is 1. The van der Waals surface area contributed by atoms with E-state index in [2.05, 4.69) is 18.6 Å². The van der Waals surface area contributed by atoms with Crippen LogP contribution in [0.2, 0.25) is 15.1 Å². The fraction of sp³-hybridized carbons (Fsp3) is 0.200. The third-order valence-electron chi connectivity index (χ3n) is 2.48. The van der Waals surface area contributed by atoms with E-state index in [4.69, 9.17) is 40.5 Å². The maximum absolute atomic E-state index is 11.4.